The van der Waals surface area contributed by atoms with Crippen LogP contribution in [-0.4, -0.2) is 12.2 Å². The number of fused-ring (bicyclic) bond motifs is 3. The average molecular weight is 182 g/mol. The molecule has 2 saturated heterocycles. The van der Waals surface area contributed by atoms with Crippen molar-refractivity contribution >= 4 is 0 Å². The topological polar surface area (TPSA) is 12.0 Å². The Bertz CT molecular complexity index is 192. The first-order valence-corrected chi connectivity index (χ1v) is 5.58. The fourth-order valence-corrected chi connectivity index (χ4v) is 2.95. The van der Waals surface area contributed by atoms with Crippen LogP contribution in [-0.2, 0) is 0 Å². The van der Waals surface area contributed by atoms with E-state index in [9.17, 15) is 4.39 Å². The molecule has 2 heteroatoms. The zero-order valence-electron chi connectivity index (χ0n) is 7.88. The van der Waals surface area contributed by atoms with Crippen LogP contribution < -0.4 is 5.32 Å². The summed E-state index contributed by atoms with van der Waals surface area (Å²) in [5.74, 6) is 1.41. The molecular formula is C11H17FN. The normalized spacial score (nSPS) is 49.6. The molecule has 0 aromatic heterocycles. The quantitative estimate of drug-likeness (QED) is 0.691. The Hall–Kier alpha value is -0.110. The van der Waals surface area contributed by atoms with E-state index in [1.807, 2.05) is 6.54 Å². The van der Waals surface area contributed by atoms with Crippen molar-refractivity contribution in [2.45, 2.75) is 44.3 Å². The molecule has 73 valence electrons. The maximum absolute atomic E-state index is 13.9. The SMILES string of the molecule is F[C@H]1[C@H](CC2CC2)[C@@H]2CC[C@H]1[CH]N2. The van der Waals surface area contributed by atoms with Gasteiger partial charge in [-0.25, -0.2) is 4.39 Å². The minimum atomic E-state index is -0.541. The Labute approximate surface area is 79.1 Å². The first-order chi connectivity index (χ1) is 6.34. The number of halogens is 1. The van der Waals surface area contributed by atoms with Gasteiger partial charge >= 0.3 is 0 Å². The van der Waals surface area contributed by atoms with Gasteiger partial charge in [0.2, 0.25) is 0 Å². The van der Waals surface area contributed by atoms with Gasteiger partial charge in [0, 0.05) is 24.4 Å². The second-order valence-electron chi connectivity index (χ2n) is 4.97. The van der Waals surface area contributed by atoms with E-state index >= 15 is 0 Å². The number of rotatable bonds is 2. The number of piperidine rings is 2. The molecule has 4 aliphatic rings. The third-order valence-electron chi connectivity index (χ3n) is 3.97. The molecule has 2 bridgehead atoms. The monoisotopic (exact) mass is 182 g/mol. The van der Waals surface area contributed by atoms with Crippen molar-refractivity contribution in [3.63, 3.8) is 0 Å². The highest BCUT2D eigenvalue weighted by Gasteiger charge is 2.45. The summed E-state index contributed by atoms with van der Waals surface area (Å²) in [6, 6.07) is 0.459. The van der Waals surface area contributed by atoms with E-state index in [0.717, 1.165) is 18.8 Å². The third kappa shape index (κ3) is 1.39. The lowest BCUT2D eigenvalue weighted by molar-refractivity contribution is 0.0397. The summed E-state index contributed by atoms with van der Waals surface area (Å²) >= 11 is 0. The van der Waals surface area contributed by atoms with Gasteiger partial charge in [0.1, 0.15) is 6.17 Å². The number of nitrogens with one attached hydrogen (secondary N) is 1. The zero-order valence-corrected chi connectivity index (χ0v) is 7.88. The highest BCUT2D eigenvalue weighted by Crippen LogP contribution is 2.45. The van der Waals surface area contributed by atoms with Crippen molar-refractivity contribution in [1.82, 2.24) is 5.32 Å². The highest BCUT2D eigenvalue weighted by molar-refractivity contribution is 5.03. The molecule has 2 aliphatic carbocycles. The molecule has 1 radical (unpaired) electrons. The summed E-state index contributed by atoms with van der Waals surface area (Å²) in [4.78, 5) is 0. The first kappa shape index (κ1) is 8.22. The van der Waals surface area contributed by atoms with Gasteiger partial charge in [-0.3, -0.25) is 0 Å². The largest absolute Gasteiger partial charge is 0.309 e. The minimum Gasteiger partial charge on any atom is -0.309 e. The van der Waals surface area contributed by atoms with Crippen LogP contribution in [0.1, 0.15) is 32.1 Å². The lowest BCUT2D eigenvalue weighted by Crippen LogP contribution is -2.54. The molecule has 1 nitrogen and oxygen atoms in total. The lowest BCUT2D eigenvalue weighted by atomic mass is 9.71. The predicted molar refractivity (Wildman–Crippen MR) is 49.7 cm³/mol. The maximum atomic E-state index is 13.9. The molecular weight excluding hydrogens is 165 g/mol. The molecule has 0 amide bonds. The molecule has 2 heterocycles. The molecule has 1 N–H and O–H groups in total. The average Bonchev–Trinajstić information content (AvgIpc) is 2.96. The van der Waals surface area contributed by atoms with Crippen molar-refractivity contribution in [3.8, 4) is 0 Å². The summed E-state index contributed by atoms with van der Waals surface area (Å²) in [6.07, 6.45) is 5.57. The molecule has 4 rings (SSSR count). The van der Waals surface area contributed by atoms with Crippen LogP contribution in [0, 0.1) is 24.3 Å². The lowest BCUT2D eigenvalue weighted by Gasteiger charge is -2.45. The van der Waals surface area contributed by atoms with Gasteiger partial charge < -0.3 is 5.32 Å². The van der Waals surface area contributed by atoms with E-state index in [4.69, 9.17) is 0 Å². The Balaban J connectivity index is 1.70. The van der Waals surface area contributed by atoms with Gasteiger partial charge in [-0.2, -0.15) is 0 Å². The molecule has 0 spiro atoms. The van der Waals surface area contributed by atoms with Crippen LogP contribution in [0.3, 0.4) is 0 Å². The van der Waals surface area contributed by atoms with Crippen LogP contribution in [0.25, 0.3) is 0 Å². The van der Waals surface area contributed by atoms with Crippen molar-refractivity contribution in [3.05, 3.63) is 6.54 Å². The first-order valence-electron chi connectivity index (χ1n) is 5.58. The molecule has 0 aromatic rings. The second-order valence-corrected chi connectivity index (χ2v) is 4.97. The molecule has 2 saturated carbocycles. The molecule has 4 fully saturated rings. The van der Waals surface area contributed by atoms with E-state index in [2.05, 4.69) is 5.32 Å². The summed E-state index contributed by atoms with van der Waals surface area (Å²) in [6.45, 7) is 2.00. The van der Waals surface area contributed by atoms with Crippen molar-refractivity contribution in [2.24, 2.45) is 17.8 Å². The van der Waals surface area contributed by atoms with Crippen molar-refractivity contribution < 1.29 is 4.39 Å². The van der Waals surface area contributed by atoms with E-state index < -0.39 is 6.17 Å². The van der Waals surface area contributed by atoms with Crippen molar-refractivity contribution in [1.29, 1.82) is 0 Å². The Morgan fingerprint density at radius 2 is 2.08 bits per heavy atom. The maximum Gasteiger partial charge on any atom is 0.109 e. The van der Waals surface area contributed by atoms with Gasteiger partial charge in [0.25, 0.3) is 0 Å². The fourth-order valence-electron chi connectivity index (χ4n) is 2.95. The van der Waals surface area contributed by atoms with E-state index in [0.29, 0.717) is 12.0 Å². The van der Waals surface area contributed by atoms with Gasteiger partial charge in [0.05, 0.1) is 0 Å². The van der Waals surface area contributed by atoms with E-state index in [1.165, 1.54) is 19.3 Å². The molecule has 0 aromatic carbocycles. The Morgan fingerprint density at radius 3 is 2.62 bits per heavy atom. The standard InChI is InChI=1S/C11H17FN/c12-11-8-3-4-10(13-6-8)9(11)5-7-1-2-7/h6-11,13H,1-5H2/t8-,9+,10-,11+/m0/s1. The summed E-state index contributed by atoms with van der Waals surface area (Å²) in [7, 11) is 0. The number of hydrogen-bond donors (Lipinski definition) is 1. The smallest absolute Gasteiger partial charge is 0.109 e. The van der Waals surface area contributed by atoms with E-state index in [1.54, 1.807) is 0 Å². The zero-order chi connectivity index (χ0) is 8.84. The fraction of sp³-hybridized carbons (Fsp3) is 0.909. The van der Waals surface area contributed by atoms with Gasteiger partial charge in [-0.05, 0) is 25.2 Å². The van der Waals surface area contributed by atoms with Gasteiger partial charge in [-0.1, -0.05) is 12.8 Å². The molecule has 0 unspecified atom stereocenters. The van der Waals surface area contributed by atoms with Crippen LogP contribution in [0.15, 0.2) is 0 Å². The number of hydrogen-bond acceptors (Lipinski definition) is 1. The van der Waals surface area contributed by atoms with Crippen LogP contribution >= 0.6 is 0 Å². The Morgan fingerprint density at radius 1 is 1.23 bits per heavy atom. The predicted octanol–water partition coefficient (Wildman–Crippen LogP) is 2.28. The summed E-state index contributed by atoms with van der Waals surface area (Å²) in [5.41, 5.74) is 0. The van der Waals surface area contributed by atoms with E-state index in [-0.39, 0.29) is 5.92 Å². The highest BCUT2D eigenvalue weighted by atomic mass is 19.1. The summed E-state index contributed by atoms with van der Waals surface area (Å²) in [5, 5.41) is 3.37. The van der Waals surface area contributed by atoms with Gasteiger partial charge in [0.15, 0.2) is 0 Å². The third-order valence-corrected chi connectivity index (χ3v) is 3.97. The minimum absolute atomic E-state index is 0.216. The molecule has 13 heavy (non-hydrogen) atoms. The Kier molecular flexibility index (Phi) is 1.86. The van der Waals surface area contributed by atoms with Crippen LogP contribution in [0.2, 0.25) is 0 Å². The van der Waals surface area contributed by atoms with Crippen LogP contribution in [0.5, 0.6) is 0 Å². The van der Waals surface area contributed by atoms with Crippen LogP contribution in [0.4, 0.5) is 4.39 Å². The summed E-state index contributed by atoms with van der Waals surface area (Å²) < 4.78 is 13.9. The van der Waals surface area contributed by atoms with Crippen molar-refractivity contribution in [2.75, 3.05) is 0 Å². The van der Waals surface area contributed by atoms with Gasteiger partial charge in [-0.15, -0.1) is 0 Å². The number of alkyl halides is 1. The molecule has 4 atom stereocenters. The molecule has 2 aliphatic heterocycles. The second kappa shape index (κ2) is 2.94.